The zero-order chi connectivity index (χ0) is 11.2. The van der Waals surface area contributed by atoms with E-state index in [-0.39, 0.29) is 0 Å². The lowest BCUT2D eigenvalue weighted by Gasteiger charge is -2.07. The Labute approximate surface area is 95.2 Å². The summed E-state index contributed by atoms with van der Waals surface area (Å²) in [6.07, 6.45) is -4.28. The van der Waals surface area contributed by atoms with Crippen LogP contribution in [-0.4, -0.2) is 7.48 Å². The molecule has 0 saturated carbocycles. The molecule has 0 unspecified atom stereocenters. The predicted molar refractivity (Wildman–Crippen MR) is 66.3 cm³/mol. The van der Waals surface area contributed by atoms with Crippen LogP contribution in [0.3, 0.4) is 0 Å². The Bertz CT molecular complexity index is 501. The molecule has 0 saturated heterocycles. The third-order valence-electron chi connectivity index (χ3n) is 1.94. The summed E-state index contributed by atoms with van der Waals surface area (Å²) in [5.41, 5.74) is 5.08. The molecule has 15 heavy (non-hydrogen) atoms. The van der Waals surface area contributed by atoms with Crippen molar-refractivity contribution in [2.45, 2.75) is 11.1 Å². The number of hydrogen-bond donors (Lipinski definition) is 1. The zero-order valence-corrected chi connectivity index (χ0v) is 10.4. The molecule has 0 radical (unpaired) electrons. The molecule has 0 amide bonds. The SMILES string of the molecule is C=I1=C(N)Sc2cc(C(F)(F)F)ccc21. The molecule has 0 aromatic heterocycles. The Kier molecular flexibility index (Phi) is 2.76. The summed E-state index contributed by atoms with van der Waals surface area (Å²) < 4.78 is 42.8. The van der Waals surface area contributed by atoms with Crippen molar-refractivity contribution in [1.29, 1.82) is 0 Å². The number of halogens is 4. The van der Waals surface area contributed by atoms with Gasteiger partial charge in [0.2, 0.25) is 0 Å². The second-order valence-electron chi connectivity index (χ2n) is 2.91. The Hall–Kier alpha value is -0.210. The summed E-state index contributed by atoms with van der Waals surface area (Å²) in [7, 11) is 0. The molecule has 1 nitrogen and oxygen atoms in total. The van der Waals surface area contributed by atoms with Gasteiger partial charge in [-0.1, -0.05) is 35.1 Å². The highest BCUT2D eigenvalue weighted by Gasteiger charge is 2.31. The minimum Gasteiger partial charge on any atom is -0.292 e. The van der Waals surface area contributed by atoms with Crippen LogP contribution in [0.15, 0.2) is 23.1 Å². The van der Waals surface area contributed by atoms with Crippen molar-refractivity contribution in [3.63, 3.8) is 0 Å². The van der Waals surface area contributed by atoms with Crippen LogP contribution in [0.1, 0.15) is 5.56 Å². The highest BCUT2D eigenvalue weighted by molar-refractivity contribution is 14.2. The average molecular weight is 345 g/mol. The van der Waals surface area contributed by atoms with E-state index in [1.54, 1.807) is 0 Å². The van der Waals surface area contributed by atoms with Crippen molar-refractivity contribution in [2.75, 3.05) is 0 Å². The molecule has 2 rings (SSSR count). The number of hydrogen-bond acceptors (Lipinski definition) is 2. The van der Waals surface area contributed by atoms with Gasteiger partial charge in [0.05, 0.1) is 8.53 Å². The maximum absolute atomic E-state index is 12.4. The quantitative estimate of drug-likeness (QED) is 0.732. The van der Waals surface area contributed by atoms with E-state index in [1.165, 1.54) is 17.8 Å². The lowest BCUT2D eigenvalue weighted by atomic mass is 10.2. The molecule has 0 aliphatic carbocycles. The number of alkyl halides is 3. The summed E-state index contributed by atoms with van der Waals surface area (Å²) in [6.45, 7) is 0. The van der Waals surface area contributed by atoms with Crippen LogP contribution in [-0.2, 0) is 6.18 Å². The number of nitrogens with two attached hydrogens (primary N) is 1. The van der Waals surface area contributed by atoms with Crippen LogP contribution in [0.5, 0.6) is 0 Å². The zero-order valence-electron chi connectivity index (χ0n) is 7.44. The first-order valence-corrected chi connectivity index (χ1v) is 8.40. The molecule has 0 fully saturated rings. The van der Waals surface area contributed by atoms with Crippen molar-refractivity contribution < 1.29 is 13.2 Å². The molecule has 1 aliphatic heterocycles. The third kappa shape index (κ3) is 2.02. The highest BCUT2D eigenvalue weighted by Crippen LogP contribution is 2.43. The van der Waals surface area contributed by atoms with Crippen LogP contribution >= 0.6 is 30.6 Å². The van der Waals surface area contributed by atoms with Crippen LogP contribution in [0, 0.1) is 3.57 Å². The Balaban J connectivity index is 2.52. The minimum atomic E-state index is -4.28. The lowest BCUT2D eigenvalue weighted by molar-refractivity contribution is -0.137. The monoisotopic (exact) mass is 345 g/mol. The Morgan fingerprint density at radius 2 is 2.00 bits per heavy atom. The minimum absolute atomic E-state index is 0.618. The van der Waals surface area contributed by atoms with Gasteiger partial charge in [0.1, 0.15) is 0 Å². The second-order valence-corrected chi connectivity index (χ2v) is 9.12. The first-order valence-electron chi connectivity index (χ1n) is 3.90. The fourth-order valence-corrected chi connectivity index (χ4v) is 6.86. The van der Waals surface area contributed by atoms with E-state index in [0.29, 0.717) is 7.86 Å². The van der Waals surface area contributed by atoms with Gasteiger partial charge in [-0.15, -0.1) is 0 Å². The normalized spacial score (nSPS) is 16.9. The second kappa shape index (κ2) is 3.67. The van der Waals surface area contributed by atoms with E-state index >= 15 is 0 Å². The topological polar surface area (TPSA) is 26.0 Å². The summed E-state index contributed by atoms with van der Waals surface area (Å²) in [5.74, 6) is 0. The van der Waals surface area contributed by atoms with Crippen molar-refractivity contribution in [2.24, 2.45) is 5.73 Å². The number of benzene rings is 1. The molecule has 1 heterocycles. The standard InChI is InChI=1S/C9H7F3INS/c1-13-6-3-2-5(9(10,11)12)4-7(6)15-8(13)14/h2-4H,1,14H2. The van der Waals surface area contributed by atoms with Gasteiger partial charge in [-0.3, -0.25) is 5.73 Å². The third-order valence-corrected chi connectivity index (χ3v) is 8.59. The first-order chi connectivity index (χ1) is 6.89. The smallest absolute Gasteiger partial charge is 0.292 e. The van der Waals surface area contributed by atoms with E-state index in [2.05, 4.69) is 4.51 Å². The number of thioether (sulfide) groups is 1. The van der Waals surface area contributed by atoms with Crippen molar-refractivity contribution in [1.82, 2.24) is 0 Å². The fourth-order valence-electron chi connectivity index (χ4n) is 1.20. The molecule has 2 N–H and O–H groups in total. The number of rotatable bonds is 0. The van der Waals surface area contributed by atoms with Gasteiger partial charge in [-0.2, -0.15) is 13.2 Å². The molecule has 0 atom stereocenters. The highest BCUT2D eigenvalue weighted by atomic mass is 127. The van der Waals surface area contributed by atoms with Crippen LogP contribution in [0.2, 0.25) is 0 Å². The molecular formula is C9H7F3INS. The maximum atomic E-state index is 12.4. The van der Waals surface area contributed by atoms with Crippen molar-refractivity contribution >= 4 is 38.1 Å². The van der Waals surface area contributed by atoms with Gasteiger partial charge in [0.25, 0.3) is 0 Å². The Morgan fingerprint density at radius 1 is 1.33 bits per heavy atom. The average Bonchev–Trinajstić information content (AvgIpc) is 2.41. The van der Waals surface area contributed by atoms with Gasteiger partial charge in [-0.05, 0) is 18.2 Å². The van der Waals surface area contributed by atoms with E-state index < -0.39 is 30.6 Å². The summed E-state index contributed by atoms with van der Waals surface area (Å²) in [6, 6.07) is 3.78. The number of fused-ring (bicyclic) bond motifs is 1. The first kappa shape index (κ1) is 11.3. The molecule has 0 bridgehead atoms. The molecule has 1 aromatic carbocycles. The van der Waals surface area contributed by atoms with Gasteiger partial charge >= 0.3 is 6.18 Å². The van der Waals surface area contributed by atoms with Gasteiger partial charge in [0, 0.05) is 8.47 Å². The van der Waals surface area contributed by atoms with Crippen LogP contribution < -0.4 is 5.73 Å². The molecule has 0 spiro atoms. The summed E-state index contributed by atoms with van der Waals surface area (Å²) in [4.78, 5) is 0.627. The molecule has 82 valence electrons. The van der Waals surface area contributed by atoms with Crippen molar-refractivity contribution in [3.8, 4) is 0 Å². The predicted octanol–water partition coefficient (Wildman–Crippen LogP) is 2.97. The fraction of sp³-hybridized carbons (Fsp3) is 0.111. The lowest BCUT2D eigenvalue weighted by Crippen LogP contribution is -2.05. The largest absolute Gasteiger partial charge is 0.416 e. The van der Waals surface area contributed by atoms with E-state index in [0.717, 1.165) is 15.7 Å². The molecular weight excluding hydrogens is 338 g/mol. The summed E-state index contributed by atoms with van der Waals surface area (Å²) in [5, 5.41) is 0. The van der Waals surface area contributed by atoms with Gasteiger partial charge in [-0.25, -0.2) is 0 Å². The Morgan fingerprint density at radius 3 is 2.60 bits per heavy atom. The summed E-state index contributed by atoms with van der Waals surface area (Å²) >= 11 is -0.519. The van der Waals surface area contributed by atoms with E-state index in [9.17, 15) is 13.2 Å². The molecule has 1 aliphatic rings. The van der Waals surface area contributed by atoms with Crippen LogP contribution in [0.4, 0.5) is 13.2 Å². The van der Waals surface area contributed by atoms with Gasteiger partial charge in [0.15, 0.2) is 0 Å². The molecule has 1 aromatic rings. The van der Waals surface area contributed by atoms with E-state index in [1.807, 2.05) is 0 Å². The maximum Gasteiger partial charge on any atom is 0.416 e. The van der Waals surface area contributed by atoms with E-state index in [4.69, 9.17) is 5.73 Å². The van der Waals surface area contributed by atoms with Gasteiger partial charge < -0.3 is 0 Å². The van der Waals surface area contributed by atoms with Crippen molar-refractivity contribution in [3.05, 3.63) is 27.3 Å². The van der Waals surface area contributed by atoms with Crippen LogP contribution in [0.25, 0.3) is 0 Å². The molecule has 6 heteroatoms.